The fourth-order valence-corrected chi connectivity index (χ4v) is 20.0. The molecule has 0 spiro atoms. The van der Waals surface area contributed by atoms with Crippen LogP contribution < -0.4 is 27.4 Å². The predicted molar refractivity (Wildman–Crippen MR) is 458 cm³/mol. The van der Waals surface area contributed by atoms with Gasteiger partial charge in [-0.05, 0) is 33.9 Å². The van der Waals surface area contributed by atoms with E-state index in [0.717, 1.165) is 107 Å². The summed E-state index contributed by atoms with van der Waals surface area (Å²) < 4.78 is 28.9. The molecule has 0 aliphatic rings. The standard InChI is InChI=1S/C36H28N3PS.C20H15N3O3.C18H12ClN3S.C18H17N3O.Cu/c1-6-16-27(17-7-1)33-32(37-34(28-18-8-2-9-19-28)36-35(33)38-41-39-36)26-40(29-20-10-3-11-21-29,30-22-12-4-13-23-30)31-24-14-5-15-25-31;1-2-25-20(24)18-15(13-9-5-3-6-10-13)17-19(23-26-22-17)16(21-18)14-11-7-4-8-12-14;19-11-14-15(12-7-3-1-4-8-12)17-18(22-23-21-17)16(20-14)13-9-5-2-6-10-13;19-16-15(12-7-3-1-4-8-12)14(11-22)21-18(17(16)20)13-9-5-2-6-10-13;/h1-25,40H,26H2;3-12H,2H2,1H3;1-10H,11H2;1-10,22H,11,20H2,(H2,19,21);. The van der Waals surface area contributed by atoms with Crippen molar-refractivity contribution in [1.82, 2.24) is 47.7 Å². The molecule has 18 rings (SSSR count). The molecule has 1 radical (unpaired) electrons. The molecule has 7 heterocycles. The normalized spacial score (nSPS) is 11.1. The average Bonchev–Trinajstić information content (AvgIpc) is 1.71. The first-order chi connectivity index (χ1) is 55.2. The number of hydrogen-bond acceptors (Lipinski definition) is 18. The first kappa shape index (κ1) is 77.1. The van der Waals surface area contributed by atoms with Crippen LogP contribution in [0.1, 0.15) is 34.5 Å². The molecule has 0 atom stereocenters. The zero-order valence-electron chi connectivity index (χ0n) is 60.9. The number of nitrogens with two attached hydrogens (primary N) is 2. The van der Waals surface area contributed by atoms with Crippen molar-refractivity contribution in [1.29, 1.82) is 0 Å². The Morgan fingerprint density at radius 1 is 0.372 bits per heavy atom. The number of aliphatic hydroxyl groups is 1. The Balaban J connectivity index is 0.000000129. The minimum absolute atomic E-state index is 0. The van der Waals surface area contributed by atoms with Gasteiger partial charge < -0.3 is 21.3 Å². The molecule has 559 valence electrons. The first-order valence-electron chi connectivity index (χ1n) is 36.2. The van der Waals surface area contributed by atoms with Crippen LogP contribution in [0.25, 0.3) is 123 Å². The fourth-order valence-electron chi connectivity index (χ4n) is 14.0. The van der Waals surface area contributed by atoms with Crippen molar-refractivity contribution in [3.63, 3.8) is 0 Å². The molecule has 7 aromatic heterocycles. The molecule has 0 fully saturated rings. The number of carbonyl (C=O) groups excluding carboxylic acids is 1. The second kappa shape index (κ2) is 36.4. The van der Waals surface area contributed by atoms with E-state index in [4.69, 9.17) is 51.1 Å². The van der Waals surface area contributed by atoms with Gasteiger partial charge in [0.2, 0.25) is 0 Å². The van der Waals surface area contributed by atoms with Gasteiger partial charge in [0, 0.05) is 50.4 Å². The number of nitrogens with zero attached hydrogens (tertiary/aromatic N) is 10. The number of halogens is 1. The van der Waals surface area contributed by atoms with Gasteiger partial charge in [0.25, 0.3) is 0 Å². The molecular weight excluding hydrogens is 1530 g/mol. The Hall–Kier alpha value is -12.7. The number of rotatable bonds is 17. The van der Waals surface area contributed by atoms with Crippen molar-refractivity contribution in [2.75, 3.05) is 18.1 Å². The predicted octanol–water partition coefficient (Wildman–Crippen LogP) is 20.0. The van der Waals surface area contributed by atoms with Gasteiger partial charge in [-0.2, -0.15) is 8.75 Å². The van der Waals surface area contributed by atoms with E-state index in [1.165, 1.54) is 39.4 Å². The fraction of sp³-hybridized carbons (Fsp3) is 0.0543. The second-order valence-electron chi connectivity index (χ2n) is 25.9. The van der Waals surface area contributed by atoms with Gasteiger partial charge in [-0.3, -0.25) is 0 Å². The van der Waals surface area contributed by atoms with Gasteiger partial charge in [-0.1, -0.05) is 182 Å². The summed E-state index contributed by atoms with van der Waals surface area (Å²) in [5.41, 5.74) is 34.2. The molecule has 5 N–H and O–H groups in total. The third-order valence-electron chi connectivity index (χ3n) is 19.1. The Kier molecular flexibility index (Phi) is 24.9. The van der Waals surface area contributed by atoms with Gasteiger partial charge in [0.15, 0.2) is 11.2 Å². The monoisotopic (exact) mass is 1600 g/mol. The molecule has 0 amide bonds. The van der Waals surface area contributed by atoms with Crippen LogP contribution in [0, 0.1) is 0 Å². The number of pyridine rings is 4. The van der Waals surface area contributed by atoms with Gasteiger partial charge in [-0.15, -0.1) is 11.6 Å². The van der Waals surface area contributed by atoms with Gasteiger partial charge in [0.1, 0.15) is 22.2 Å². The number of esters is 1. The molecular formula is C92H72ClCuN12O4PS2. The number of ether oxygens (including phenoxy) is 1. The summed E-state index contributed by atoms with van der Waals surface area (Å²) in [6.07, 6.45) is 0.780. The van der Waals surface area contributed by atoms with Crippen molar-refractivity contribution < 1.29 is 36.3 Å². The summed E-state index contributed by atoms with van der Waals surface area (Å²) in [6, 6.07) is 112. The molecule has 0 unspecified atom stereocenters. The van der Waals surface area contributed by atoms with E-state index < -0.39 is 13.2 Å². The molecule has 113 heavy (non-hydrogen) atoms. The van der Waals surface area contributed by atoms with Crippen LogP contribution >= 0.6 is 42.3 Å². The van der Waals surface area contributed by atoms with Crippen LogP contribution in [0.5, 0.6) is 0 Å². The summed E-state index contributed by atoms with van der Waals surface area (Å²) in [4.78, 5) is 32.1. The van der Waals surface area contributed by atoms with Crippen molar-refractivity contribution in [3.8, 4) is 89.5 Å². The summed E-state index contributed by atoms with van der Waals surface area (Å²) >= 11 is 8.67. The quantitative estimate of drug-likeness (QED) is 0.0332. The van der Waals surface area contributed by atoms with E-state index in [1.807, 2.05) is 188 Å². The van der Waals surface area contributed by atoms with Crippen LogP contribution in [0.3, 0.4) is 0 Å². The van der Waals surface area contributed by atoms with Crippen molar-refractivity contribution in [2.24, 2.45) is 0 Å². The molecule has 0 aliphatic heterocycles. The first-order valence-corrected chi connectivity index (χ1v) is 40.4. The van der Waals surface area contributed by atoms with Crippen molar-refractivity contribution >= 4 is 109 Å². The number of anilines is 2. The summed E-state index contributed by atoms with van der Waals surface area (Å²) in [6.45, 7) is 1.81. The van der Waals surface area contributed by atoms with Crippen LogP contribution in [0.4, 0.5) is 11.4 Å². The molecule has 21 heteroatoms. The van der Waals surface area contributed by atoms with E-state index in [2.05, 4.69) is 175 Å². The maximum atomic E-state index is 12.6. The molecule has 0 saturated carbocycles. The van der Waals surface area contributed by atoms with Gasteiger partial charge in [-0.25, -0.2) is 24.4 Å². The number of nitrogen functional groups attached to an aromatic ring is 2. The topological polar surface area (TPSA) is 241 Å². The number of carbonyl (C=O) groups is 1. The van der Waals surface area contributed by atoms with Crippen molar-refractivity contribution in [2.45, 2.75) is 25.6 Å². The van der Waals surface area contributed by atoms with Gasteiger partial charge >= 0.3 is 252 Å². The molecule has 0 bridgehead atoms. The maximum absolute atomic E-state index is 12.6. The number of fused-ring (bicyclic) bond motifs is 3. The summed E-state index contributed by atoms with van der Waals surface area (Å²) in [5.74, 6) is -0.175. The van der Waals surface area contributed by atoms with Crippen LogP contribution in [-0.2, 0) is 40.5 Å². The van der Waals surface area contributed by atoms with E-state index in [9.17, 15) is 9.90 Å². The van der Waals surface area contributed by atoms with Crippen LogP contribution in [-0.4, -0.2) is 65.4 Å². The van der Waals surface area contributed by atoms with Crippen LogP contribution in [0.15, 0.2) is 338 Å². The van der Waals surface area contributed by atoms with Crippen molar-refractivity contribution in [3.05, 3.63) is 356 Å². The third kappa shape index (κ3) is 16.4. The molecule has 0 aliphatic carbocycles. The summed E-state index contributed by atoms with van der Waals surface area (Å²) in [7, 11) is -2.63. The van der Waals surface area contributed by atoms with E-state index >= 15 is 0 Å². The van der Waals surface area contributed by atoms with E-state index in [0.29, 0.717) is 56.5 Å². The summed E-state index contributed by atoms with van der Waals surface area (Å²) in [5, 5.41) is 21.9. The number of aromatic nitrogens is 10. The number of aliphatic hydroxyl groups excluding tert-OH is 1. The molecule has 18 aromatic rings. The number of benzene rings is 11. The average molecular weight is 1600 g/mol. The van der Waals surface area contributed by atoms with E-state index in [1.54, 1.807) is 6.92 Å². The minimum atomic E-state index is -2.63. The Morgan fingerprint density at radius 3 is 1.06 bits per heavy atom. The Bertz CT molecular complexity index is 6090. The number of hydrogen-bond donors (Lipinski definition) is 3. The Labute approximate surface area is 677 Å². The number of alkyl halides is 1. The molecule has 11 aromatic carbocycles. The zero-order valence-corrected chi connectivity index (χ0v) is 65.2. The van der Waals surface area contributed by atoms with Crippen LogP contribution in [0.2, 0.25) is 0 Å². The third-order valence-corrected chi connectivity index (χ3v) is 25.3. The Morgan fingerprint density at radius 2 is 0.681 bits per heavy atom. The molecule has 16 nitrogen and oxygen atoms in total. The molecule has 0 saturated heterocycles. The van der Waals surface area contributed by atoms with E-state index in [-0.39, 0.29) is 36.0 Å². The SMILES string of the molecule is CCOC(=O)c1nc(-c2ccccc2)c2nonc2c1-c1ccccc1.ClCc1nc(-c2ccccc2)c2nsnc2c1-c1ccccc1.Nc1c(-c2ccccc2)nc(CO)c(-c2ccccc2)c1N.[Cu].c1ccc(-c2nc(C[PH](c3ccccc3)(c3ccccc3)c3ccccc3)c(-c3ccccc3)c3nsnc23)cc1. The second-order valence-corrected chi connectivity index (χ2v) is 31.1. The van der Waals surface area contributed by atoms with Gasteiger partial charge in [0.05, 0.1) is 65.0 Å². The zero-order chi connectivity index (χ0) is 76.6.